The van der Waals surface area contributed by atoms with Gasteiger partial charge in [0, 0.05) is 103 Å². The van der Waals surface area contributed by atoms with E-state index in [0.717, 1.165) is 75.1 Å². The van der Waals surface area contributed by atoms with Crippen LogP contribution in [-0.2, 0) is 26.9 Å². The molecule has 8 heterocycles. The van der Waals surface area contributed by atoms with Crippen LogP contribution in [0.2, 0.25) is 0 Å². The summed E-state index contributed by atoms with van der Waals surface area (Å²) in [5, 5.41) is 19.9. The number of hydrogen-bond acceptors (Lipinski definition) is 18. The zero-order valence-corrected chi connectivity index (χ0v) is 38.3. The van der Waals surface area contributed by atoms with Crippen molar-refractivity contribution in [2.24, 2.45) is 14.1 Å². The third kappa shape index (κ3) is 12.4. The molecule has 0 amide bonds. The Hall–Kier alpha value is -8.00. The van der Waals surface area contributed by atoms with Crippen LogP contribution >= 0.6 is 0 Å². The predicted octanol–water partition coefficient (Wildman–Crippen LogP) is 5.99. The van der Waals surface area contributed by atoms with E-state index in [4.69, 9.17) is 9.05 Å². The number of halogens is 6. The summed E-state index contributed by atoms with van der Waals surface area (Å²) in [5.74, 6) is 3.73. The van der Waals surface area contributed by atoms with Crippen molar-refractivity contribution in [1.29, 1.82) is 0 Å². The molecule has 0 unspecified atom stereocenters. The average Bonchev–Trinajstić information content (AvgIpc) is 4.18. The quantitative estimate of drug-likeness (QED) is 0.140. The minimum Gasteiger partial charge on any atom is -0.406 e. The smallest absolute Gasteiger partial charge is 0.406 e. The van der Waals surface area contributed by atoms with E-state index < -0.39 is 12.7 Å². The molecule has 0 aliphatic carbocycles. The Kier molecular flexibility index (Phi) is 13.9. The summed E-state index contributed by atoms with van der Waals surface area (Å²) >= 11 is 0. The first-order valence-electron chi connectivity index (χ1n) is 22.1. The van der Waals surface area contributed by atoms with Gasteiger partial charge < -0.3 is 38.5 Å². The van der Waals surface area contributed by atoms with Crippen LogP contribution < -0.4 is 24.6 Å². The van der Waals surface area contributed by atoms with Gasteiger partial charge in [-0.15, -0.1) is 36.5 Å². The fourth-order valence-corrected chi connectivity index (χ4v) is 7.58. The second kappa shape index (κ2) is 20.5. The molecule has 8 aromatic rings. The first kappa shape index (κ1) is 48.0. The second-order valence-electron chi connectivity index (χ2n) is 16.4. The molecule has 1 N–H and O–H groups in total. The van der Waals surface area contributed by atoms with Crippen molar-refractivity contribution in [3.8, 4) is 57.7 Å². The van der Waals surface area contributed by atoms with Gasteiger partial charge in [0.25, 0.3) is 11.8 Å². The van der Waals surface area contributed by atoms with Crippen molar-refractivity contribution in [2.75, 3.05) is 69.2 Å². The van der Waals surface area contributed by atoms with Crippen LogP contribution in [0, 0.1) is 0 Å². The van der Waals surface area contributed by atoms with Crippen molar-refractivity contribution in [2.45, 2.75) is 25.6 Å². The van der Waals surface area contributed by atoms with E-state index in [2.05, 4.69) is 99.1 Å². The summed E-state index contributed by atoms with van der Waals surface area (Å²) in [6, 6.07) is 18.4. The Morgan fingerprint density at radius 2 is 0.958 bits per heavy atom. The molecule has 2 saturated heterocycles. The molecule has 71 heavy (non-hydrogen) atoms. The number of piperazine rings is 2. The number of anilines is 2. The van der Waals surface area contributed by atoms with Crippen LogP contribution in [-0.4, -0.2) is 137 Å². The topological polar surface area (TPSA) is 205 Å². The normalized spacial score (nSPS) is 14.6. The lowest BCUT2D eigenvalue weighted by molar-refractivity contribution is -0.275. The molecule has 370 valence electrons. The van der Waals surface area contributed by atoms with Crippen molar-refractivity contribution in [3.63, 3.8) is 0 Å². The molecular formula is C45H44F6N16O4. The number of rotatable bonds is 12. The highest BCUT2D eigenvalue weighted by Gasteiger charge is 2.32. The van der Waals surface area contributed by atoms with Crippen molar-refractivity contribution in [1.82, 2.24) is 70.0 Å². The summed E-state index contributed by atoms with van der Waals surface area (Å²) in [7, 11) is 5.67. The highest BCUT2D eigenvalue weighted by atomic mass is 19.4. The van der Waals surface area contributed by atoms with Crippen LogP contribution in [0.3, 0.4) is 0 Å². The van der Waals surface area contributed by atoms with E-state index in [1.54, 1.807) is 35.9 Å². The molecule has 10 rings (SSSR count). The number of pyridine rings is 2. The largest absolute Gasteiger partial charge is 0.573 e. The molecule has 0 bridgehead atoms. The number of aromatic nitrogens is 12. The summed E-state index contributed by atoms with van der Waals surface area (Å²) in [4.78, 5) is 33.5. The van der Waals surface area contributed by atoms with E-state index in [0.29, 0.717) is 35.6 Å². The number of ether oxygens (including phenoxy) is 2. The lowest BCUT2D eigenvalue weighted by atomic mass is 10.1. The highest BCUT2D eigenvalue weighted by molar-refractivity contribution is 5.59. The van der Waals surface area contributed by atoms with Crippen molar-refractivity contribution < 1.29 is 44.9 Å². The molecule has 2 fully saturated rings. The van der Waals surface area contributed by atoms with Gasteiger partial charge in [-0.2, -0.15) is 9.97 Å². The van der Waals surface area contributed by atoms with E-state index in [9.17, 15) is 26.3 Å². The summed E-state index contributed by atoms with van der Waals surface area (Å²) in [6.45, 7) is 7.51. The minimum absolute atomic E-state index is 0.105. The first-order chi connectivity index (χ1) is 34.1. The maximum Gasteiger partial charge on any atom is 0.573 e. The maximum atomic E-state index is 12.4. The number of nitrogens with zero attached hydrogens (tertiary/aromatic N) is 15. The number of benzene rings is 2. The number of hydrogen-bond donors (Lipinski definition) is 1. The van der Waals surface area contributed by atoms with Gasteiger partial charge >= 0.3 is 12.7 Å². The van der Waals surface area contributed by atoms with Crippen molar-refractivity contribution in [3.05, 3.63) is 108 Å². The SMILES string of the molecule is CN1CCN(c2cc(Cc3nc(-c4nc(-c5ccc(OC(F)(F)F)cc5)no4)nn3C)ccn2)CC1.Cn1nc(-c2nc(-c3ccc(OC(F)(F)F)cc3)no2)nc1Cc1ccnc(N2CCNCC2)c1. The maximum absolute atomic E-state index is 12.4. The van der Waals surface area contributed by atoms with Gasteiger partial charge in [0.05, 0.1) is 0 Å². The third-order valence-corrected chi connectivity index (χ3v) is 11.2. The Morgan fingerprint density at radius 1 is 0.535 bits per heavy atom. The fourth-order valence-electron chi connectivity index (χ4n) is 7.58. The van der Waals surface area contributed by atoms with Crippen LogP contribution in [0.15, 0.2) is 94.2 Å². The number of aryl methyl sites for hydroxylation is 2. The molecule has 0 atom stereocenters. The Bertz CT molecular complexity index is 3030. The molecular weight excluding hydrogens is 943 g/mol. The fraction of sp³-hybridized carbons (Fsp3) is 0.333. The highest BCUT2D eigenvalue weighted by Crippen LogP contribution is 2.29. The Morgan fingerprint density at radius 3 is 1.38 bits per heavy atom. The van der Waals surface area contributed by atoms with Crippen LogP contribution in [0.1, 0.15) is 22.8 Å². The second-order valence-corrected chi connectivity index (χ2v) is 16.4. The van der Waals surface area contributed by atoms with Crippen LogP contribution in [0.5, 0.6) is 11.5 Å². The number of alkyl halides is 6. The van der Waals surface area contributed by atoms with E-state index >= 15 is 0 Å². The minimum atomic E-state index is -4.76. The van der Waals surface area contributed by atoms with Gasteiger partial charge in [0.15, 0.2) is 0 Å². The zero-order chi connectivity index (χ0) is 49.7. The standard InChI is InChI=1S/C23H23F3N8O2.C22H21F3N8O2/c1-32-9-11-34(12-10-32)18-13-15(7-8-27-18)14-19-28-21(30-33(19)2)22-29-20(31-36-22)16-3-5-17(6-4-16)35-23(24,25)26;1-32-18(13-14-6-7-27-17(12-14)33-10-8-26-9-11-33)28-20(30-32)21-29-19(31-35-21)15-2-4-16(5-3-15)34-22(23,24)25/h3-8,13H,9-12,14H2,1-2H3;2-7,12,26H,8-11,13H2,1H3. The van der Waals surface area contributed by atoms with Gasteiger partial charge in [-0.25, -0.2) is 19.9 Å². The molecule has 20 nitrogen and oxygen atoms in total. The molecule has 6 aromatic heterocycles. The lowest BCUT2D eigenvalue weighted by Crippen LogP contribution is -2.44. The average molecular weight is 987 g/mol. The molecule has 2 aromatic carbocycles. The van der Waals surface area contributed by atoms with Gasteiger partial charge in [-0.1, -0.05) is 10.3 Å². The van der Waals surface area contributed by atoms with Crippen molar-refractivity contribution >= 4 is 11.6 Å². The van der Waals surface area contributed by atoms with Gasteiger partial charge in [-0.3, -0.25) is 9.36 Å². The Balaban J connectivity index is 0.000000176. The molecule has 0 saturated carbocycles. The van der Waals surface area contributed by atoms with Crippen LogP contribution in [0.4, 0.5) is 38.0 Å². The van der Waals surface area contributed by atoms with Gasteiger partial charge in [0.1, 0.15) is 34.8 Å². The monoisotopic (exact) mass is 986 g/mol. The zero-order valence-electron chi connectivity index (χ0n) is 38.3. The van der Waals surface area contributed by atoms with E-state index in [-0.39, 0.29) is 46.6 Å². The molecule has 0 spiro atoms. The summed E-state index contributed by atoms with van der Waals surface area (Å²) in [6.07, 6.45) is -4.85. The lowest BCUT2D eigenvalue weighted by Gasteiger charge is -2.33. The number of likely N-dealkylation sites (N-methyl/N-ethyl adjacent to an activating group) is 1. The van der Waals surface area contributed by atoms with E-state index in [1.165, 1.54) is 48.5 Å². The summed E-state index contributed by atoms with van der Waals surface area (Å²) in [5.41, 5.74) is 3.02. The van der Waals surface area contributed by atoms with E-state index in [1.807, 2.05) is 12.1 Å². The first-order valence-corrected chi connectivity index (χ1v) is 22.1. The van der Waals surface area contributed by atoms with Gasteiger partial charge in [-0.05, 0) is 91.0 Å². The van der Waals surface area contributed by atoms with Gasteiger partial charge in [0.2, 0.25) is 23.3 Å². The van der Waals surface area contributed by atoms with Crippen LogP contribution in [0.25, 0.3) is 46.2 Å². The molecule has 26 heteroatoms. The predicted molar refractivity (Wildman–Crippen MR) is 242 cm³/mol. The third-order valence-electron chi connectivity index (χ3n) is 11.2. The molecule has 2 aliphatic rings. The Labute approximate surface area is 400 Å². The number of nitrogens with one attached hydrogen (secondary N) is 1. The summed E-state index contributed by atoms with van der Waals surface area (Å²) < 4.78 is 95.8. The molecule has 2 aliphatic heterocycles. The molecule has 0 radical (unpaired) electrons.